The van der Waals surface area contributed by atoms with Gasteiger partial charge in [-0.25, -0.2) is 0 Å². The Bertz CT molecular complexity index is 8210. The molecule has 114 heavy (non-hydrogen) atoms. The standard InChI is InChI=1S/C108H66BN5/c1-5-27-67(28-6-1)71-50-55-100(86(57-71)75-59-88-82-39-17-23-45-96(82)113-97-46-24-18-40-83(97)89(60-75)107(88)113)111-102-63-73(79-36-14-13-35-78(79)70-33-11-4-12-34-70)49-53-92(102)109-93-54-52-77(110-94-43-21-15-37-80(94)81-38-16-22-44-95(81)110)66-103(93)112(105-65-74(64-104(111)106(105)109)69-31-9-3-10-32-69)101-56-51-72(68-29-7-2-8-30-68)58-87(101)76-61-90-84-41-19-25-47-98(84)114-99-48-26-20-42-85(99)91(62-76)108(90)114/h1-66H/i15D,16D,21D,22D,37D,38D,43D,44D. The predicted octanol–water partition coefficient (Wildman–Crippen LogP) is 26.8. The minimum atomic E-state index is -0.527. The van der Waals surface area contributed by atoms with Crippen molar-refractivity contribution in [1.82, 2.24) is 13.4 Å². The van der Waals surface area contributed by atoms with E-state index in [1.165, 1.54) is 16.3 Å². The lowest BCUT2D eigenvalue weighted by atomic mass is 9.33. The Morgan fingerprint density at radius 1 is 0.211 bits per heavy atom. The van der Waals surface area contributed by atoms with Gasteiger partial charge in [0.15, 0.2) is 0 Å². The topological polar surface area (TPSA) is 20.2 Å². The number of hydrogen-bond acceptors (Lipinski definition) is 2. The zero-order chi connectivity index (χ0) is 81.3. The van der Waals surface area contributed by atoms with Crippen molar-refractivity contribution in [2.75, 3.05) is 9.80 Å². The van der Waals surface area contributed by atoms with E-state index in [0.29, 0.717) is 5.69 Å². The molecule has 0 unspecified atom stereocenters. The molecule has 23 aromatic rings. The third-order valence-electron chi connectivity index (χ3n) is 24.5. The number of aromatic nitrogens is 3. The van der Waals surface area contributed by atoms with E-state index in [9.17, 15) is 8.22 Å². The second-order valence-corrected chi connectivity index (χ2v) is 30.4. The monoisotopic (exact) mass is 1450 g/mol. The zero-order valence-corrected chi connectivity index (χ0v) is 61.3. The summed E-state index contributed by atoms with van der Waals surface area (Å²) in [7, 11) is 0. The number of para-hydroxylation sites is 6. The summed E-state index contributed by atoms with van der Waals surface area (Å²) in [6.07, 6.45) is 0. The first kappa shape index (κ1) is 55.4. The molecule has 6 heteroatoms. The Kier molecular flexibility index (Phi) is 11.8. The largest absolute Gasteiger partial charge is 0.311 e. The van der Waals surface area contributed by atoms with Gasteiger partial charge in [-0.05, 0) is 198 Å². The lowest BCUT2D eigenvalue weighted by Gasteiger charge is -2.45. The molecule has 5 nitrogen and oxygen atoms in total. The first-order chi connectivity index (χ1) is 59.9. The molecule has 0 spiro atoms. The second kappa shape index (κ2) is 24.3. The van der Waals surface area contributed by atoms with Gasteiger partial charge in [0.05, 0.1) is 66.5 Å². The first-order valence-corrected chi connectivity index (χ1v) is 38.9. The van der Waals surface area contributed by atoms with Crippen LogP contribution >= 0.6 is 0 Å². The van der Waals surface area contributed by atoms with E-state index in [1.54, 1.807) is 4.57 Å². The van der Waals surface area contributed by atoms with Crippen LogP contribution in [-0.2, 0) is 0 Å². The minimum absolute atomic E-state index is 0.00268. The van der Waals surface area contributed by atoms with Gasteiger partial charge in [-0.3, -0.25) is 0 Å². The first-order valence-electron chi connectivity index (χ1n) is 42.9. The molecule has 0 saturated heterocycles. The molecule has 0 radical (unpaired) electrons. The molecule has 0 fully saturated rings. The number of fused-ring (bicyclic) bond motifs is 19. The summed E-state index contributed by atoms with van der Waals surface area (Å²) in [4.78, 5) is 5.00. The van der Waals surface area contributed by atoms with Crippen LogP contribution in [0.1, 0.15) is 11.0 Å². The van der Waals surface area contributed by atoms with Gasteiger partial charge in [0.25, 0.3) is 6.71 Å². The number of nitrogens with zero attached hydrogens (tertiary/aromatic N) is 5. The van der Waals surface area contributed by atoms with Gasteiger partial charge in [-0.1, -0.05) is 285 Å². The lowest BCUT2D eigenvalue weighted by Crippen LogP contribution is -2.61. The fourth-order valence-electron chi connectivity index (χ4n) is 19.6. The number of rotatable bonds is 10. The smallest absolute Gasteiger partial charge is 0.252 e. The summed E-state index contributed by atoms with van der Waals surface area (Å²) < 4.78 is 82.9. The lowest BCUT2D eigenvalue weighted by molar-refractivity contribution is 1.17. The van der Waals surface area contributed by atoms with Crippen LogP contribution in [0.3, 0.4) is 0 Å². The van der Waals surface area contributed by atoms with Gasteiger partial charge in [-0.2, -0.15) is 0 Å². The Morgan fingerprint density at radius 3 is 1.03 bits per heavy atom. The molecule has 2 aliphatic heterocycles. The van der Waals surface area contributed by atoms with Gasteiger partial charge >= 0.3 is 0 Å². The third kappa shape index (κ3) is 9.07. The molecule has 0 amide bonds. The van der Waals surface area contributed by atoms with Crippen LogP contribution in [0.4, 0.5) is 34.1 Å². The van der Waals surface area contributed by atoms with Crippen molar-refractivity contribution in [2.24, 2.45) is 0 Å². The van der Waals surface area contributed by atoms with Crippen LogP contribution in [0.5, 0.6) is 0 Å². The molecule has 0 saturated carbocycles. The van der Waals surface area contributed by atoms with E-state index in [0.717, 1.165) is 188 Å². The summed E-state index contributed by atoms with van der Waals surface area (Å²) in [5, 5.41) is 9.15. The van der Waals surface area contributed by atoms with Crippen LogP contribution in [0.2, 0.25) is 0 Å². The molecule has 18 aromatic carbocycles. The molecule has 5 aromatic heterocycles. The highest BCUT2D eigenvalue weighted by Gasteiger charge is 2.45. The average molecular weight is 1450 g/mol. The molecule has 0 bridgehead atoms. The Balaban J connectivity index is 0.842. The molecule has 2 aliphatic rings. The van der Waals surface area contributed by atoms with Crippen LogP contribution < -0.4 is 26.2 Å². The highest BCUT2D eigenvalue weighted by Crippen LogP contribution is 2.55. The minimum Gasteiger partial charge on any atom is -0.311 e. The quantitative estimate of drug-likeness (QED) is 0.127. The maximum absolute atomic E-state index is 9.95. The van der Waals surface area contributed by atoms with Crippen molar-refractivity contribution in [3.8, 4) is 83.6 Å². The molecular weight excluding hydrogens is 1380 g/mol. The molecule has 25 rings (SSSR count). The normalized spacial score (nSPS) is 13.7. The van der Waals surface area contributed by atoms with Gasteiger partial charge in [0.2, 0.25) is 0 Å². The Labute approximate surface area is 669 Å². The van der Waals surface area contributed by atoms with E-state index < -0.39 is 43.0 Å². The van der Waals surface area contributed by atoms with Gasteiger partial charge in [-0.15, -0.1) is 0 Å². The van der Waals surface area contributed by atoms with Gasteiger partial charge in [0.1, 0.15) is 0 Å². The van der Waals surface area contributed by atoms with E-state index in [1.807, 2.05) is 6.07 Å². The number of hydrogen-bond donors (Lipinski definition) is 0. The average Bonchev–Trinajstić information content (AvgIpc) is 0.804. The van der Waals surface area contributed by atoms with Crippen LogP contribution in [0.15, 0.2) is 400 Å². The van der Waals surface area contributed by atoms with Crippen molar-refractivity contribution in [2.45, 2.75) is 0 Å². The highest BCUT2D eigenvalue weighted by molar-refractivity contribution is 7.00. The third-order valence-corrected chi connectivity index (χ3v) is 24.5. The van der Waals surface area contributed by atoms with Crippen LogP contribution in [0.25, 0.3) is 182 Å². The summed E-state index contributed by atoms with van der Waals surface area (Å²) in [6, 6.07) is 124. The van der Waals surface area contributed by atoms with Crippen molar-refractivity contribution in [3.05, 3.63) is 400 Å². The fraction of sp³-hybridized carbons (Fsp3) is 0. The number of anilines is 6. The van der Waals surface area contributed by atoms with E-state index in [2.05, 4.69) is 364 Å². The SMILES string of the molecule is [2H]c1c([2H])c([2H])c2c(c1[2H])c1c([2H])c([2H])c([2H])c([2H])c1n2-c1ccc2c(c1)N(c1ccc(-c3ccccc3)cc1-c1cc3c4ccccc4n4c5ccccc5c(c1)c34)c1cc(-c3ccccc3)cc3c1B2c1ccc(-c2ccccc2-c2ccccc2)cc1N3c1ccc(-c2ccccc2)cc1-c1cc2c3ccccc3n3c4ccccc4c(c1)c23. The molecule has 0 N–H and O–H groups in total. The molecule has 0 aliphatic carbocycles. The Morgan fingerprint density at radius 2 is 0.570 bits per heavy atom. The highest BCUT2D eigenvalue weighted by atomic mass is 15.2. The summed E-state index contributed by atoms with van der Waals surface area (Å²) >= 11 is 0. The van der Waals surface area contributed by atoms with Crippen LogP contribution in [0, 0.1) is 0 Å². The van der Waals surface area contributed by atoms with E-state index >= 15 is 0 Å². The molecule has 7 heterocycles. The molecular formula is C108H66BN5. The number of benzene rings is 18. The second-order valence-electron chi connectivity index (χ2n) is 30.4. The Hall–Kier alpha value is -15.0. The van der Waals surface area contributed by atoms with E-state index in [-0.39, 0.29) is 33.9 Å². The maximum Gasteiger partial charge on any atom is 0.252 e. The summed E-state index contributed by atoms with van der Waals surface area (Å²) in [5.41, 5.74) is 30.0. The van der Waals surface area contributed by atoms with Crippen LogP contribution in [-0.4, -0.2) is 20.1 Å². The zero-order valence-electron chi connectivity index (χ0n) is 69.3. The van der Waals surface area contributed by atoms with Crippen molar-refractivity contribution >= 4 is 155 Å². The maximum atomic E-state index is 9.95. The summed E-state index contributed by atoms with van der Waals surface area (Å²) in [6.45, 7) is -0.527. The van der Waals surface area contributed by atoms with Crippen molar-refractivity contribution < 1.29 is 11.0 Å². The van der Waals surface area contributed by atoms with Gasteiger partial charge in [0, 0.05) is 93.4 Å². The van der Waals surface area contributed by atoms with Crippen molar-refractivity contribution in [1.29, 1.82) is 0 Å². The molecule has 0 atom stereocenters. The predicted molar refractivity (Wildman–Crippen MR) is 482 cm³/mol. The molecule has 526 valence electrons. The summed E-state index contributed by atoms with van der Waals surface area (Å²) in [5.74, 6) is 0. The van der Waals surface area contributed by atoms with Crippen molar-refractivity contribution in [3.63, 3.8) is 0 Å². The fourth-order valence-corrected chi connectivity index (χ4v) is 19.6. The van der Waals surface area contributed by atoms with E-state index in [4.69, 9.17) is 2.74 Å². The van der Waals surface area contributed by atoms with Gasteiger partial charge < -0.3 is 23.2 Å².